The molecule has 2 heterocycles. The van der Waals surface area contributed by atoms with Crippen LogP contribution in [0.5, 0.6) is 0 Å². The van der Waals surface area contributed by atoms with Crippen molar-refractivity contribution < 1.29 is 19.8 Å². The third-order valence-corrected chi connectivity index (χ3v) is 7.55. The van der Waals surface area contributed by atoms with Gasteiger partial charge >= 0.3 is 11.9 Å². The Morgan fingerprint density at radius 1 is 0.833 bits per heavy atom. The topological polar surface area (TPSA) is 81.1 Å². The fraction of sp³-hybridized carbons (Fsp3) is 0.241. The van der Waals surface area contributed by atoms with Crippen LogP contribution < -0.4 is 4.90 Å². The number of rotatable bonds is 4. The maximum absolute atomic E-state index is 9.55. The number of aliphatic carboxylic acids is 2. The Bertz CT molecular complexity index is 1220. The van der Waals surface area contributed by atoms with E-state index in [1.54, 1.807) is 0 Å². The molecule has 1 atom stereocenters. The molecule has 0 bridgehead atoms. The minimum atomic E-state index is -1.26. The maximum Gasteiger partial charge on any atom is 0.328 e. The fourth-order valence-corrected chi connectivity index (χ4v) is 5.70. The lowest BCUT2D eigenvalue weighted by Crippen LogP contribution is -2.44. The van der Waals surface area contributed by atoms with Crippen LogP contribution in [-0.4, -0.2) is 60.3 Å². The minimum Gasteiger partial charge on any atom is -0.478 e. The highest BCUT2D eigenvalue weighted by Gasteiger charge is 2.26. The number of benzene rings is 3. The predicted octanol–water partition coefficient (Wildman–Crippen LogP) is 4.94. The summed E-state index contributed by atoms with van der Waals surface area (Å²) >= 11 is 1.99. The molecular formula is C29H30N2O4S. The lowest BCUT2D eigenvalue weighted by atomic mass is 9.83. The summed E-state index contributed by atoms with van der Waals surface area (Å²) in [6.07, 6.45) is 1.12. The smallest absolute Gasteiger partial charge is 0.328 e. The molecule has 0 aliphatic carbocycles. The van der Waals surface area contributed by atoms with Crippen molar-refractivity contribution in [1.29, 1.82) is 0 Å². The summed E-state index contributed by atoms with van der Waals surface area (Å²) in [6, 6.07) is 27.1. The number of carbonyl (C=O) groups is 2. The lowest BCUT2D eigenvalue weighted by molar-refractivity contribution is -0.134. The minimum absolute atomic E-state index is 0.309. The third kappa shape index (κ3) is 6.36. The van der Waals surface area contributed by atoms with E-state index in [0.29, 0.717) is 18.1 Å². The number of carboxylic acids is 2. The average Bonchev–Trinajstić information content (AvgIpc) is 3.05. The van der Waals surface area contributed by atoms with Crippen LogP contribution in [0.4, 0.5) is 5.69 Å². The van der Waals surface area contributed by atoms with Gasteiger partial charge in [0.25, 0.3) is 0 Å². The molecule has 0 aromatic heterocycles. The van der Waals surface area contributed by atoms with Crippen LogP contribution in [0, 0.1) is 0 Å². The number of hydrogen-bond donors (Lipinski definition) is 2. The number of nitrogens with zero attached hydrogens (tertiary/aromatic N) is 2. The van der Waals surface area contributed by atoms with Crippen molar-refractivity contribution in [3.8, 4) is 0 Å². The van der Waals surface area contributed by atoms with E-state index in [4.69, 9.17) is 10.2 Å². The first-order chi connectivity index (χ1) is 17.4. The van der Waals surface area contributed by atoms with Gasteiger partial charge < -0.3 is 20.0 Å². The van der Waals surface area contributed by atoms with Crippen molar-refractivity contribution in [2.75, 3.05) is 38.1 Å². The van der Waals surface area contributed by atoms with Crippen molar-refractivity contribution in [3.05, 3.63) is 107 Å². The van der Waals surface area contributed by atoms with E-state index in [0.717, 1.165) is 31.9 Å². The van der Waals surface area contributed by atoms with E-state index in [9.17, 15) is 9.59 Å². The molecule has 186 valence electrons. The zero-order valence-corrected chi connectivity index (χ0v) is 21.0. The first-order valence-electron chi connectivity index (χ1n) is 11.9. The number of fused-ring (bicyclic) bond motifs is 2. The Balaban J connectivity index is 0.000000331. The number of likely N-dealkylation sites (N-methyl/N-ethyl adjacent to an activating group) is 1. The molecule has 6 nitrogen and oxygen atoms in total. The number of hydrogen-bond acceptors (Lipinski definition) is 5. The highest BCUT2D eigenvalue weighted by atomic mass is 32.2. The Kier molecular flexibility index (Phi) is 8.46. The van der Waals surface area contributed by atoms with Crippen molar-refractivity contribution in [3.63, 3.8) is 0 Å². The molecule has 5 rings (SSSR count). The lowest BCUT2D eigenvalue weighted by Gasteiger charge is -2.34. The second-order valence-corrected chi connectivity index (χ2v) is 9.87. The van der Waals surface area contributed by atoms with Crippen LogP contribution in [0.3, 0.4) is 0 Å². The zero-order chi connectivity index (χ0) is 25.5. The van der Waals surface area contributed by atoms with Crippen LogP contribution in [0.15, 0.2) is 89.8 Å². The molecule has 1 unspecified atom stereocenters. The quantitative estimate of drug-likeness (QED) is 0.489. The average molecular weight is 503 g/mol. The Labute approximate surface area is 215 Å². The molecule has 0 amide bonds. The van der Waals surface area contributed by atoms with Gasteiger partial charge in [-0.2, -0.15) is 0 Å². The standard InChI is InChI=1S/C25H26N2S.C4H4O4/c1-26-13-15-27(16-14-26)21-11-12-23-24(17-21)28-18-20-9-5-6-10-22(20)25(23)19-7-3-2-4-8-19;5-3(6)1-2-4(7)8/h2-12,17,25H,13-16,18H2,1H3;1-2H,(H,5,6)(H,7,8)/b;2-1+. The number of piperazine rings is 1. The first-order valence-corrected chi connectivity index (χ1v) is 12.9. The summed E-state index contributed by atoms with van der Waals surface area (Å²) in [5.41, 5.74) is 7.10. The SMILES string of the molecule is CN1CCN(c2ccc3c(c2)SCc2ccccc2C3c2ccccc2)CC1.O=C(O)/C=C/C(=O)O. The molecule has 2 N–H and O–H groups in total. The first kappa shape index (κ1) is 25.5. The highest BCUT2D eigenvalue weighted by molar-refractivity contribution is 7.98. The van der Waals surface area contributed by atoms with E-state index in [1.807, 2.05) is 11.8 Å². The molecule has 36 heavy (non-hydrogen) atoms. The Hall–Kier alpha value is -3.55. The van der Waals surface area contributed by atoms with Crippen LogP contribution in [-0.2, 0) is 15.3 Å². The van der Waals surface area contributed by atoms with Gasteiger partial charge in [0, 0.05) is 60.6 Å². The van der Waals surface area contributed by atoms with Crippen molar-refractivity contribution in [1.82, 2.24) is 4.90 Å². The predicted molar refractivity (Wildman–Crippen MR) is 144 cm³/mol. The molecule has 0 radical (unpaired) electrons. The molecule has 2 aliphatic heterocycles. The van der Waals surface area contributed by atoms with Gasteiger partial charge in [0.2, 0.25) is 0 Å². The van der Waals surface area contributed by atoms with Gasteiger partial charge in [-0.3, -0.25) is 0 Å². The van der Waals surface area contributed by atoms with Crippen molar-refractivity contribution >= 4 is 29.4 Å². The summed E-state index contributed by atoms with van der Waals surface area (Å²) < 4.78 is 0. The molecule has 0 saturated carbocycles. The monoisotopic (exact) mass is 502 g/mol. The van der Waals surface area contributed by atoms with E-state index < -0.39 is 11.9 Å². The Morgan fingerprint density at radius 2 is 1.47 bits per heavy atom. The number of anilines is 1. The summed E-state index contributed by atoms with van der Waals surface area (Å²) in [4.78, 5) is 25.5. The van der Waals surface area contributed by atoms with E-state index in [-0.39, 0.29) is 0 Å². The van der Waals surface area contributed by atoms with Crippen LogP contribution in [0.25, 0.3) is 0 Å². The van der Waals surface area contributed by atoms with Gasteiger partial charge in [-0.25, -0.2) is 9.59 Å². The summed E-state index contributed by atoms with van der Waals surface area (Å²) in [5, 5.41) is 15.6. The molecule has 2 aliphatic rings. The van der Waals surface area contributed by atoms with Gasteiger partial charge in [0.15, 0.2) is 0 Å². The second kappa shape index (κ2) is 11.9. The maximum atomic E-state index is 9.55. The molecular weight excluding hydrogens is 472 g/mol. The van der Waals surface area contributed by atoms with Crippen LogP contribution in [0.2, 0.25) is 0 Å². The van der Waals surface area contributed by atoms with E-state index in [1.165, 1.54) is 32.8 Å². The second-order valence-electron chi connectivity index (χ2n) is 8.85. The molecule has 1 fully saturated rings. The molecule has 1 saturated heterocycles. The molecule has 7 heteroatoms. The van der Waals surface area contributed by atoms with Crippen LogP contribution >= 0.6 is 11.8 Å². The van der Waals surface area contributed by atoms with Crippen molar-refractivity contribution in [2.24, 2.45) is 0 Å². The van der Waals surface area contributed by atoms with Crippen LogP contribution in [0.1, 0.15) is 28.2 Å². The summed E-state index contributed by atoms with van der Waals surface area (Å²) in [7, 11) is 2.21. The summed E-state index contributed by atoms with van der Waals surface area (Å²) in [6.45, 7) is 4.51. The molecule has 0 spiro atoms. The summed E-state index contributed by atoms with van der Waals surface area (Å²) in [5.74, 6) is -1.16. The van der Waals surface area contributed by atoms with Gasteiger partial charge in [-0.15, -0.1) is 11.8 Å². The molecule has 3 aromatic carbocycles. The fourth-order valence-electron chi connectivity index (χ4n) is 4.57. The number of carboxylic acid groups (broad SMARTS) is 2. The normalized spacial score (nSPS) is 17.4. The Morgan fingerprint density at radius 3 is 2.14 bits per heavy atom. The third-order valence-electron chi connectivity index (χ3n) is 6.43. The zero-order valence-electron chi connectivity index (χ0n) is 20.2. The number of thioether (sulfide) groups is 1. The van der Waals surface area contributed by atoms with Gasteiger partial charge in [-0.1, -0.05) is 60.7 Å². The van der Waals surface area contributed by atoms with Gasteiger partial charge in [0.05, 0.1) is 0 Å². The molecule has 3 aromatic rings. The highest BCUT2D eigenvalue weighted by Crippen LogP contribution is 2.45. The van der Waals surface area contributed by atoms with E-state index in [2.05, 4.69) is 89.6 Å². The van der Waals surface area contributed by atoms with Crippen molar-refractivity contribution in [2.45, 2.75) is 16.6 Å². The largest absolute Gasteiger partial charge is 0.478 e. The van der Waals surface area contributed by atoms with Gasteiger partial charge in [-0.05, 0) is 41.4 Å². The van der Waals surface area contributed by atoms with E-state index >= 15 is 0 Å². The van der Waals surface area contributed by atoms with Gasteiger partial charge in [0.1, 0.15) is 0 Å².